The molecule has 0 bridgehead atoms. The van der Waals surface area contributed by atoms with Crippen LogP contribution in [0.5, 0.6) is 0 Å². The maximum absolute atomic E-state index is 13.6. The highest BCUT2D eigenvalue weighted by Gasteiger charge is 2.45. The van der Waals surface area contributed by atoms with E-state index in [2.05, 4.69) is 5.32 Å². The minimum absolute atomic E-state index is 0.0814. The highest BCUT2D eigenvalue weighted by molar-refractivity contribution is 7.99. The first-order chi connectivity index (χ1) is 15.4. The molecule has 2 amide bonds. The van der Waals surface area contributed by atoms with Gasteiger partial charge in [0.1, 0.15) is 24.1 Å². The van der Waals surface area contributed by atoms with Crippen LogP contribution in [-0.4, -0.2) is 45.8 Å². The summed E-state index contributed by atoms with van der Waals surface area (Å²) in [6, 6.07) is 16.7. The largest absolute Gasteiger partial charge is 0.480 e. The van der Waals surface area contributed by atoms with Gasteiger partial charge in [0.15, 0.2) is 0 Å². The zero-order valence-corrected chi connectivity index (χ0v) is 19.0. The molecular formula is C24H28N2O5S. The lowest BCUT2D eigenvalue weighted by Gasteiger charge is -2.33. The third-order valence-electron chi connectivity index (χ3n) is 5.59. The molecule has 1 aliphatic rings. The van der Waals surface area contributed by atoms with E-state index in [4.69, 9.17) is 4.74 Å². The van der Waals surface area contributed by atoms with E-state index < -0.39 is 35.4 Å². The Hall–Kier alpha value is -3.00. The lowest BCUT2D eigenvalue weighted by molar-refractivity contribution is -0.150. The molecule has 4 atom stereocenters. The Morgan fingerprint density at radius 3 is 2.34 bits per heavy atom. The number of thioether (sulfide) groups is 1. The van der Waals surface area contributed by atoms with Gasteiger partial charge in [0.2, 0.25) is 5.91 Å². The number of ether oxygens (including phenoxy) is 1. The maximum atomic E-state index is 13.6. The second-order valence-electron chi connectivity index (χ2n) is 7.77. The molecule has 0 spiro atoms. The Kier molecular flexibility index (Phi) is 8.16. The van der Waals surface area contributed by atoms with Gasteiger partial charge in [-0.3, -0.25) is 4.79 Å². The number of carboxylic acid groups (broad SMARTS) is 1. The van der Waals surface area contributed by atoms with Gasteiger partial charge in [0, 0.05) is 5.75 Å². The highest BCUT2D eigenvalue weighted by atomic mass is 32.2. The van der Waals surface area contributed by atoms with Crippen molar-refractivity contribution in [2.24, 2.45) is 5.92 Å². The van der Waals surface area contributed by atoms with E-state index in [1.54, 1.807) is 0 Å². The number of carboxylic acids is 1. The van der Waals surface area contributed by atoms with E-state index in [-0.39, 0.29) is 18.3 Å². The third kappa shape index (κ3) is 5.62. The second kappa shape index (κ2) is 11.0. The SMILES string of the molecule is CCC(C)[C@H](NC(=O)OCc1ccccc1)C(=O)N1C(c2ccccc2)SC[C@H]1C(=O)O. The molecule has 0 radical (unpaired) electrons. The van der Waals surface area contributed by atoms with Crippen molar-refractivity contribution in [2.45, 2.75) is 44.3 Å². The van der Waals surface area contributed by atoms with Gasteiger partial charge in [-0.1, -0.05) is 80.9 Å². The van der Waals surface area contributed by atoms with Crippen LogP contribution in [0.15, 0.2) is 60.7 Å². The van der Waals surface area contributed by atoms with Gasteiger partial charge in [-0.15, -0.1) is 11.8 Å². The van der Waals surface area contributed by atoms with Crippen LogP contribution in [0.2, 0.25) is 0 Å². The molecular weight excluding hydrogens is 428 g/mol. The fraction of sp³-hybridized carbons (Fsp3) is 0.375. The molecule has 170 valence electrons. The number of benzene rings is 2. The average Bonchev–Trinajstić information content (AvgIpc) is 3.27. The molecule has 32 heavy (non-hydrogen) atoms. The molecule has 2 N–H and O–H groups in total. The Bertz CT molecular complexity index is 925. The Labute approximate surface area is 192 Å². The summed E-state index contributed by atoms with van der Waals surface area (Å²) in [5.74, 6) is -1.39. The van der Waals surface area contributed by atoms with Gasteiger partial charge in [0.05, 0.1) is 0 Å². The molecule has 1 fully saturated rings. The van der Waals surface area contributed by atoms with Crippen molar-refractivity contribution in [1.29, 1.82) is 0 Å². The quantitative estimate of drug-likeness (QED) is 0.622. The van der Waals surface area contributed by atoms with Gasteiger partial charge >= 0.3 is 12.1 Å². The minimum atomic E-state index is -1.06. The Morgan fingerprint density at radius 2 is 1.75 bits per heavy atom. The van der Waals surface area contributed by atoms with E-state index in [0.717, 1.165) is 11.1 Å². The van der Waals surface area contributed by atoms with Crippen molar-refractivity contribution in [3.05, 3.63) is 71.8 Å². The summed E-state index contributed by atoms with van der Waals surface area (Å²) in [7, 11) is 0. The molecule has 7 nitrogen and oxygen atoms in total. The van der Waals surface area contributed by atoms with E-state index >= 15 is 0 Å². The maximum Gasteiger partial charge on any atom is 0.408 e. The van der Waals surface area contributed by atoms with E-state index in [1.807, 2.05) is 74.5 Å². The van der Waals surface area contributed by atoms with Gasteiger partial charge in [-0.2, -0.15) is 0 Å². The van der Waals surface area contributed by atoms with Crippen molar-refractivity contribution in [3.8, 4) is 0 Å². The van der Waals surface area contributed by atoms with Crippen molar-refractivity contribution in [1.82, 2.24) is 10.2 Å². The van der Waals surface area contributed by atoms with Crippen LogP contribution in [0.3, 0.4) is 0 Å². The molecule has 8 heteroatoms. The molecule has 0 saturated carbocycles. The predicted octanol–water partition coefficient (Wildman–Crippen LogP) is 4.05. The predicted molar refractivity (Wildman–Crippen MR) is 123 cm³/mol. The summed E-state index contributed by atoms with van der Waals surface area (Å²) < 4.78 is 5.31. The van der Waals surface area contributed by atoms with Crippen LogP contribution in [0.4, 0.5) is 4.79 Å². The molecule has 2 unspecified atom stereocenters. The normalized spacial score (nSPS) is 19.8. The van der Waals surface area contributed by atoms with Gasteiger partial charge in [0.25, 0.3) is 0 Å². The lowest BCUT2D eigenvalue weighted by atomic mass is 9.97. The number of hydrogen-bond donors (Lipinski definition) is 2. The van der Waals surface area contributed by atoms with Crippen molar-refractivity contribution < 1.29 is 24.2 Å². The average molecular weight is 457 g/mol. The van der Waals surface area contributed by atoms with Crippen LogP contribution in [0.1, 0.15) is 36.8 Å². The summed E-state index contributed by atoms with van der Waals surface area (Å²) >= 11 is 1.41. The summed E-state index contributed by atoms with van der Waals surface area (Å²) in [4.78, 5) is 39.5. The number of aliphatic carboxylic acids is 1. The van der Waals surface area contributed by atoms with Crippen LogP contribution in [-0.2, 0) is 20.9 Å². The number of nitrogens with one attached hydrogen (secondary N) is 1. The van der Waals surface area contributed by atoms with Crippen LogP contribution in [0.25, 0.3) is 0 Å². The summed E-state index contributed by atoms with van der Waals surface area (Å²) in [5, 5.41) is 12.0. The summed E-state index contributed by atoms with van der Waals surface area (Å²) in [6.45, 7) is 3.86. The number of nitrogens with zero attached hydrogens (tertiary/aromatic N) is 1. The molecule has 3 rings (SSSR count). The highest BCUT2D eigenvalue weighted by Crippen LogP contribution is 2.42. The molecule has 1 saturated heterocycles. The van der Waals surface area contributed by atoms with Gasteiger partial charge in [-0.05, 0) is 17.0 Å². The molecule has 1 aliphatic heterocycles. The summed E-state index contributed by atoms with van der Waals surface area (Å²) in [6.07, 6.45) is -0.0770. The fourth-order valence-electron chi connectivity index (χ4n) is 3.58. The molecule has 0 aromatic heterocycles. The molecule has 0 aliphatic carbocycles. The Morgan fingerprint density at radius 1 is 1.12 bits per heavy atom. The summed E-state index contributed by atoms with van der Waals surface area (Å²) in [5.41, 5.74) is 1.68. The number of alkyl carbamates (subject to hydrolysis) is 1. The smallest absolute Gasteiger partial charge is 0.408 e. The van der Waals surface area contributed by atoms with Crippen LogP contribution in [0, 0.1) is 5.92 Å². The molecule has 1 heterocycles. The van der Waals surface area contributed by atoms with Crippen molar-refractivity contribution in [3.63, 3.8) is 0 Å². The number of carbonyl (C=O) groups is 3. The minimum Gasteiger partial charge on any atom is -0.480 e. The fourth-order valence-corrected chi connectivity index (χ4v) is 5.00. The first kappa shape index (κ1) is 23.7. The third-order valence-corrected chi connectivity index (χ3v) is 6.91. The van der Waals surface area contributed by atoms with Crippen LogP contribution >= 0.6 is 11.8 Å². The van der Waals surface area contributed by atoms with Gasteiger partial charge in [-0.25, -0.2) is 9.59 Å². The first-order valence-electron chi connectivity index (χ1n) is 10.6. The molecule has 2 aromatic rings. The lowest BCUT2D eigenvalue weighted by Crippen LogP contribution is -2.55. The zero-order valence-electron chi connectivity index (χ0n) is 18.1. The van der Waals surface area contributed by atoms with E-state index in [0.29, 0.717) is 6.42 Å². The second-order valence-corrected chi connectivity index (χ2v) is 8.88. The standard InChI is InChI=1S/C24H28N2O5S/c1-3-16(2)20(25-24(30)31-14-17-10-6-4-7-11-17)21(27)26-19(23(28)29)15-32-22(26)18-12-8-5-9-13-18/h4-13,16,19-20,22H,3,14-15H2,1-2H3,(H,25,30)(H,28,29)/t16?,19-,20-,22?/m0/s1. The molecule has 2 aromatic carbocycles. The number of amides is 2. The van der Waals surface area contributed by atoms with Crippen molar-refractivity contribution in [2.75, 3.05) is 5.75 Å². The topological polar surface area (TPSA) is 95.9 Å². The van der Waals surface area contributed by atoms with E-state index in [9.17, 15) is 19.5 Å². The number of hydrogen-bond acceptors (Lipinski definition) is 5. The first-order valence-corrected chi connectivity index (χ1v) is 11.7. The Balaban J connectivity index is 1.79. The van der Waals surface area contributed by atoms with Crippen LogP contribution < -0.4 is 5.32 Å². The monoisotopic (exact) mass is 456 g/mol. The number of rotatable bonds is 8. The number of carbonyl (C=O) groups excluding carboxylic acids is 2. The zero-order chi connectivity index (χ0) is 23.1. The van der Waals surface area contributed by atoms with Crippen molar-refractivity contribution >= 4 is 29.7 Å². The van der Waals surface area contributed by atoms with E-state index in [1.165, 1.54) is 16.7 Å². The van der Waals surface area contributed by atoms with Gasteiger partial charge < -0.3 is 20.1 Å².